The van der Waals surface area contributed by atoms with Crippen molar-refractivity contribution in [1.82, 2.24) is 10.6 Å². The van der Waals surface area contributed by atoms with Gasteiger partial charge in [0, 0.05) is 30.2 Å². The Morgan fingerprint density at radius 3 is 2.54 bits per heavy atom. The average molecular weight is 396 g/mol. The van der Waals surface area contributed by atoms with Crippen molar-refractivity contribution in [2.45, 2.75) is 26.4 Å². The van der Waals surface area contributed by atoms with E-state index in [1.54, 1.807) is 6.92 Å². The summed E-state index contributed by atoms with van der Waals surface area (Å²) in [6.07, 6.45) is 0. The van der Waals surface area contributed by atoms with Gasteiger partial charge in [0.25, 0.3) is 5.91 Å². The van der Waals surface area contributed by atoms with Gasteiger partial charge >= 0.3 is 5.97 Å². The molecule has 0 saturated heterocycles. The number of nitrogens with one attached hydrogen (secondary N) is 2. The lowest BCUT2D eigenvalue weighted by molar-refractivity contribution is 0.0526. The largest absolute Gasteiger partial charge is 0.462 e. The smallest absolute Gasteiger partial charge is 0.341 e. The Balaban J connectivity index is 2.29. The van der Waals surface area contributed by atoms with E-state index in [1.165, 1.54) is 7.05 Å². The van der Waals surface area contributed by atoms with Crippen molar-refractivity contribution in [3.05, 3.63) is 50.9 Å². The topological polar surface area (TPSA) is 93.5 Å². The molecule has 0 saturated carbocycles. The molecule has 0 aliphatic carbocycles. The van der Waals surface area contributed by atoms with Crippen molar-refractivity contribution in [2.24, 2.45) is 0 Å². The Morgan fingerprint density at radius 1 is 1.31 bits per heavy atom. The Kier molecular flexibility index (Phi) is 7.02. The number of benzene rings is 1. The Hall–Kier alpha value is -2.09. The van der Waals surface area contributed by atoms with E-state index in [4.69, 9.17) is 22.1 Å². The van der Waals surface area contributed by atoms with Gasteiger partial charge in [-0.15, -0.1) is 11.3 Å². The lowest BCUT2D eigenvalue weighted by Crippen LogP contribution is -2.24. The van der Waals surface area contributed by atoms with Crippen molar-refractivity contribution in [3.63, 3.8) is 0 Å². The number of nitrogens with two attached hydrogens (primary N) is 1. The van der Waals surface area contributed by atoms with Crippen molar-refractivity contribution < 1.29 is 14.3 Å². The van der Waals surface area contributed by atoms with E-state index in [9.17, 15) is 9.59 Å². The number of nitrogen functional groups attached to an aromatic ring is 1. The quantitative estimate of drug-likeness (QED) is 0.625. The summed E-state index contributed by atoms with van der Waals surface area (Å²) in [5.41, 5.74) is 7.84. The Morgan fingerprint density at radius 2 is 1.96 bits per heavy atom. The molecule has 8 heteroatoms. The van der Waals surface area contributed by atoms with E-state index in [1.807, 2.05) is 31.2 Å². The second kappa shape index (κ2) is 9.02. The molecule has 6 nitrogen and oxygen atoms in total. The predicted molar refractivity (Wildman–Crippen MR) is 105 cm³/mol. The molecule has 0 aliphatic heterocycles. The minimum absolute atomic E-state index is 0.0130. The van der Waals surface area contributed by atoms with E-state index >= 15 is 0 Å². The molecule has 1 aromatic carbocycles. The second-order valence-corrected chi connectivity index (χ2v) is 7.09. The molecule has 2 rings (SSSR count). The lowest BCUT2D eigenvalue weighted by Gasteiger charge is -2.15. The third-order valence-electron chi connectivity index (χ3n) is 3.90. The zero-order valence-electron chi connectivity index (χ0n) is 14.9. The van der Waals surface area contributed by atoms with Gasteiger partial charge in [-0.3, -0.25) is 4.79 Å². The number of rotatable bonds is 7. The number of anilines is 1. The zero-order valence-corrected chi connectivity index (χ0v) is 16.5. The van der Waals surface area contributed by atoms with Gasteiger partial charge in [-0.05, 0) is 31.5 Å². The van der Waals surface area contributed by atoms with Crippen molar-refractivity contribution >= 4 is 39.8 Å². The van der Waals surface area contributed by atoms with Gasteiger partial charge in [0.15, 0.2) is 0 Å². The van der Waals surface area contributed by atoms with Crippen LogP contribution in [0, 0.1) is 0 Å². The van der Waals surface area contributed by atoms with E-state index < -0.39 is 5.97 Å². The van der Waals surface area contributed by atoms with E-state index in [-0.39, 0.29) is 29.1 Å². The third kappa shape index (κ3) is 4.55. The van der Waals surface area contributed by atoms with Crippen LogP contribution >= 0.6 is 22.9 Å². The van der Waals surface area contributed by atoms with Crippen LogP contribution in [-0.4, -0.2) is 25.5 Å². The monoisotopic (exact) mass is 395 g/mol. The minimum atomic E-state index is -0.521. The average Bonchev–Trinajstić information content (AvgIpc) is 2.96. The number of carbonyl (C=O) groups excluding carboxylic acids is 2. The van der Waals surface area contributed by atoms with Gasteiger partial charge in [-0.2, -0.15) is 0 Å². The maximum absolute atomic E-state index is 12.3. The van der Waals surface area contributed by atoms with Crippen LogP contribution in [0.4, 0.5) is 5.00 Å². The first kappa shape index (κ1) is 20.2. The zero-order chi connectivity index (χ0) is 19.3. The van der Waals surface area contributed by atoms with Crippen LogP contribution in [0.2, 0.25) is 5.02 Å². The van der Waals surface area contributed by atoms with Crippen LogP contribution in [0.3, 0.4) is 0 Å². The van der Waals surface area contributed by atoms with Gasteiger partial charge in [-0.25, -0.2) is 4.79 Å². The highest BCUT2D eigenvalue weighted by Gasteiger charge is 2.26. The Labute approximate surface area is 161 Å². The van der Waals surface area contributed by atoms with Gasteiger partial charge < -0.3 is 21.1 Å². The predicted octanol–water partition coefficient (Wildman–Crippen LogP) is 3.37. The van der Waals surface area contributed by atoms with Crippen LogP contribution in [0.5, 0.6) is 0 Å². The van der Waals surface area contributed by atoms with Gasteiger partial charge in [0.2, 0.25) is 0 Å². The number of esters is 1. The summed E-state index contributed by atoms with van der Waals surface area (Å²) in [6.45, 7) is 4.25. The first-order valence-electron chi connectivity index (χ1n) is 8.18. The number of hydrogen-bond acceptors (Lipinski definition) is 6. The van der Waals surface area contributed by atoms with Crippen LogP contribution in [0.15, 0.2) is 24.3 Å². The summed E-state index contributed by atoms with van der Waals surface area (Å²) < 4.78 is 5.09. The molecule has 0 unspecified atom stereocenters. The minimum Gasteiger partial charge on any atom is -0.462 e. The van der Waals surface area contributed by atoms with Crippen LogP contribution in [0.1, 0.15) is 51.0 Å². The fourth-order valence-electron chi connectivity index (χ4n) is 2.50. The molecule has 0 aliphatic rings. The van der Waals surface area contributed by atoms with Gasteiger partial charge in [-0.1, -0.05) is 23.7 Å². The first-order chi connectivity index (χ1) is 12.4. The molecule has 1 aromatic heterocycles. The molecule has 0 fully saturated rings. The van der Waals surface area contributed by atoms with Crippen LogP contribution < -0.4 is 16.4 Å². The fourth-order valence-corrected chi connectivity index (χ4v) is 3.65. The normalized spacial score (nSPS) is 11.8. The summed E-state index contributed by atoms with van der Waals surface area (Å²) in [4.78, 5) is 24.9. The first-order valence-corrected chi connectivity index (χ1v) is 9.37. The molecule has 0 bridgehead atoms. The highest BCUT2D eigenvalue weighted by atomic mass is 35.5. The Bertz CT molecular complexity index is 790. The molecule has 0 radical (unpaired) electrons. The molecule has 140 valence electrons. The lowest BCUT2D eigenvalue weighted by atomic mass is 10.1. The molecule has 4 N–H and O–H groups in total. The second-order valence-electron chi connectivity index (χ2n) is 5.60. The van der Waals surface area contributed by atoms with Crippen molar-refractivity contribution in [2.75, 3.05) is 19.4 Å². The maximum atomic E-state index is 12.3. The van der Waals surface area contributed by atoms with Crippen LogP contribution in [-0.2, 0) is 11.3 Å². The summed E-state index contributed by atoms with van der Waals surface area (Å²) in [5.74, 6) is -0.805. The van der Waals surface area contributed by atoms with E-state index in [2.05, 4.69) is 10.6 Å². The summed E-state index contributed by atoms with van der Waals surface area (Å²) >= 11 is 7.00. The molecular formula is C18H22ClN3O3S. The third-order valence-corrected chi connectivity index (χ3v) is 5.21. The van der Waals surface area contributed by atoms with E-state index in [0.717, 1.165) is 16.9 Å². The molecule has 0 spiro atoms. The van der Waals surface area contributed by atoms with Gasteiger partial charge in [0.05, 0.1) is 17.0 Å². The van der Waals surface area contributed by atoms with Crippen molar-refractivity contribution in [3.8, 4) is 0 Å². The summed E-state index contributed by atoms with van der Waals surface area (Å²) in [7, 11) is 1.54. The highest BCUT2D eigenvalue weighted by Crippen LogP contribution is 2.32. The molecule has 1 atom stereocenters. The standard InChI is InChI=1S/C18H22ClN3O3S/c1-4-25-18(24)14-13(15(17(23)21-3)26-16(14)20)9-22-10(2)11-5-7-12(19)8-6-11/h5-8,10,22H,4,9,20H2,1-3H3,(H,21,23)/t10-/m0/s1. The summed E-state index contributed by atoms with van der Waals surface area (Å²) in [5, 5.41) is 6.85. The molecule has 26 heavy (non-hydrogen) atoms. The summed E-state index contributed by atoms with van der Waals surface area (Å²) in [6, 6.07) is 7.47. The van der Waals surface area contributed by atoms with Gasteiger partial charge in [0.1, 0.15) is 5.00 Å². The molecule has 1 amide bonds. The number of halogens is 1. The number of amides is 1. The van der Waals surface area contributed by atoms with E-state index in [0.29, 0.717) is 22.0 Å². The SMILES string of the molecule is CCOC(=O)c1c(N)sc(C(=O)NC)c1CN[C@@H](C)c1ccc(Cl)cc1. The number of ether oxygens (including phenoxy) is 1. The maximum Gasteiger partial charge on any atom is 0.341 e. The molecule has 1 heterocycles. The number of hydrogen-bond donors (Lipinski definition) is 3. The molecule has 2 aromatic rings. The fraction of sp³-hybridized carbons (Fsp3) is 0.333. The van der Waals surface area contributed by atoms with Crippen LogP contribution in [0.25, 0.3) is 0 Å². The number of thiophene rings is 1. The van der Waals surface area contributed by atoms with Crippen molar-refractivity contribution in [1.29, 1.82) is 0 Å². The number of carbonyl (C=O) groups is 2. The highest BCUT2D eigenvalue weighted by molar-refractivity contribution is 7.18. The molecular weight excluding hydrogens is 374 g/mol.